The Balaban J connectivity index is 0.000000640. The second-order valence-electron chi connectivity index (χ2n) is 1.92. The van der Waals surface area contributed by atoms with E-state index in [0.717, 1.165) is 11.4 Å². The molecule has 3 heteroatoms. The Hall–Kier alpha value is 0.314. The van der Waals surface area contributed by atoms with E-state index >= 15 is 0 Å². The van der Waals surface area contributed by atoms with E-state index in [1.54, 1.807) is 0 Å². The van der Waals surface area contributed by atoms with Gasteiger partial charge in [0.15, 0.2) is 0 Å². The van der Waals surface area contributed by atoms with E-state index in [2.05, 4.69) is 11.2 Å². The van der Waals surface area contributed by atoms with Crippen molar-refractivity contribution >= 4 is 0 Å². The van der Waals surface area contributed by atoms with Gasteiger partial charge >= 0.3 is 32.7 Å². The molecule has 0 saturated carbocycles. The van der Waals surface area contributed by atoms with Gasteiger partial charge in [-0.15, -0.1) is 11.4 Å². The van der Waals surface area contributed by atoms with E-state index in [1.165, 1.54) is 0 Å². The van der Waals surface area contributed by atoms with Gasteiger partial charge in [0.2, 0.25) is 0 Å². The van der Waals surface area contributed by atoms with E-state index < -0.39 is 0 Å². The van der Waals surface area contributed by atoms with Crippen LogP contribution in [0, 0.1) is 19.9 Å². The standard InChI is InChI=1S/C6H9N2.Y/c1-5-4-6(2)8(3)7-5;/h1-3H3;/q-1;+3. The van der Waals surface area contributed by atoms with Crippen LogP contribution in [0.25, 0.3) is 0 Å². The van der Waals surface area contributed by atoms with Gasteiger partial charge in [-0.25, -0.2) is 5.10 Å². The minimum absolute atomic E-state index is 0. The quantitative estimate of drug-likeness (QED) is 0.564. The normalized spacial score (nSPS) is 8.78. The van der Waals surface area contributed by atoms with Gasteiger partial charge in [-0.3, -0.25) is 0 Å². The van der Waals surface area contributed by atoms with Crippen molar-refractivity contribution in [3.05, 3.63) is 17.5 Å². The molecule has 0 atom stereocenters. The van der Waals surface area contributed by atoms with Gasteiger partial charge in [-0.2, -0.15) is 0 Å². The number of aromatic nitrogens is 2. The SMILES string of the molecule is Cc1[c-]c(C)n(C)n1.[Y+3]. The first-order valence-corrected chi connectivity index (χ1v) is 2.59. The summed E-state index contributed by atoms with van der Waals surface area (Å²) in [6, 6.07) is 3.06. The zero-order chi connectivity index (χ0) is 6.15. The van der Waals surface area contributed by atoms with Gasteiger partial charge in [0.1, 0.15) is 0 Å². The van der Waals surface area contributed by atoms with Crippen LogP contribution in [0.2, 0.25) is 0 Å². The van der Waals surface area contributed by atoms with E-state index in [-0.39, 0.29) is 32.7 Å². The molecule has 0 fully saturated rings. The molecule has 0 spiro atoms. The minimum Gasteiger partial charge on any atom is -0.426 e. The number of nitrogens with zero attached hydrogens (tertiary/aromatic N) is 2. The fraction of sp³-hybridized carbons (Fsp3) is 0.500. The molecule has 0 N–H and O–H groups in total. The second-order valence-corrected chi connectivity index (χ2v) is 1.92. The number of hydrogen-bond acceptors (Lipinski definition) is 1. The zero-order valence-electron chi connectivity index (χ0n) is 5.97. The maximum absolute atomic E-state index is 4.07. The summed E-state index contributed by atoms with van der Waals surface area (Å²) in [5, 5.41) is 4.07. The molecule has 2 nitrogen and oxygen atoms in total. The summed E-state index contributed by atoms with van der Waals surface area (Å²) in [4.78, 5) is 0. The van der Waals surface area contributed by atoms with Crippen molar-refractivity contribution in [2.75, 3.05) is 0 Å². The Labute approximate surface area is 80.5 Å². The van der Waals surface area contributed by atoms with Crippen LogP contribution in [0.1, 0.15) is 11.4 Å². The van der Waals surface area contributed by atoms with Crippen LogP contribution in [0.15, 0.2) is 0 Å². The molecule has 0 unspecified atom stereocenters. The van der Waals surface area contributed by atoms with Crippen LogP contribution in [0.5, 0.6) is 0 Å². The molecule has 1 aromatic rings. The molecule has 0 amide bonds. The first kappa shape index (κ1) is 9.31. The average Bonchev–Trinajstić information content (AvgIpc) is 1.85. The number of rotatable bonds is 0. The van der Waals surface area contributed by atoms with E-state index in [4.69, 9.17) is 0 Å². The fourth-order valence-corrected chi connectivity index (χ4v) is 0.668. The molecule has 0 saturated heterocycles. The predicted octanol–water partition coefficient (Wildman–Crippen LogP) is 0.835. The van der Waals surface area contributed by atoms with Crippen LogP contribution >= 0.6 is 0 Å². The summed E-state index contributed by atoms with van der Waals surface area (Å²) in [5.41, 5.74) is 2.05. The van der Waals surface area contributed by atoms with Crippen LogP contribution in [0.4, 0.5) is 0 Å². The van der Waals surface area contributed by atoms with Crippen LogP contribution in [-0.2, 0) is 39.8 Å². The van der Waals surface area contributed by atoms with Crippen molar-refractivity contribution in [3.8, 4) is 0 Å². The van der Waals surface area contributed by atoms with Crippen molar-refractivity contribution in [2.45, 2.75) is 13.8 Å². The van der Waals surface area contributed by atoms with Gasteiger partial charge in [-0.05, 0) is 0 Å². The Morgan fingerprint density at radius 2 is 2.00 bits per heavy atom. The largest absolute Gasteiger partial charge is 3.00 e. The summed E-state index contributed by atoms with van der Waals surface area (Å²) in [6.07, 6.45) is 0. The van der Waals surface area contributed by atoms with Crippen LogP contribution < -0.4 is 0 Å². The summed E-state index contributed by atoms with van der Waals surface area (Å²) < 4.78 is 1.81. The minimum atomic E-state index is 0. The molecule has 44 valence electrons. The molecule has 0 aliphatic heterocycles. The third-order valence-corrected chi connectivity index (χ3v) is 1.15. The van der Waals surface area contributed by atoms with E-state index in [1.807, 2.05) is 25.6 Å². The Morgan fingerprint density at radius 3 is 2.11 bits per heavy atom. The maximum Gasteiger partial charge on any atom is 3.00 e. The van der Waals surface area contributed by atoms with E-state index in [0.29, 0.717) is 0 Å². The number of aryl methyl sites for hydroxylation is 3. The maximum atomic E-state index is 4.07. The summed E-state index contributed by atoms with van der Waals surface area (Å²) >= 11 is 0. The van der Waals surface area contributed by atoms with Crippen molar-refractivity contribution in [3.63, 3.8) is 0 Å². The van der Waals surface area contributed by atoms with E-state index in [9.17, 15) is 0 Å². The Bertz CT molecular complexity index is 173. The molecular formula is C6H9N2Y+2. The van der Waals surface area contributed by atoms with Crippen LogP contribution in [0.3, 0.4) is 0 Å². The van der Waals surface area contributed by atoms with Gasteiger partial charge in [-0.1, -0.05) is 13.8 Å². The third kappa shape index (κ3) is 2.19. The molecule has 0 aliphatic rings. The fourth-order valence-electron chi connectivity index (χ4n) is 0.668. The predicted molar refractivity (Wildman–Crippen MR) is 31.5 cm³/mol. The molecule has 1 heterocycles. The average molecular weight is 198 g/mol. The topological polar surface area (TPSA) is 17.8 Å². The molecular weight excluding hydrogens is 189 g/mol. The first-order chi connectivity index (χ1) is 3.70. The van der Waals surface area contributed by atoms with Gasteiger partial charge in [0.05, 0.1) is 0 Å². The summed E-state index contributed by atoms with van der Waals surface area (Å²) in [7, 11) is 1.92. The van der Waals surface area contributed by atoms with Crippen molar-refractivity contribution < 1.29 is 32.7 Å². The monoisotopic (exact) mass is 198 g/mol. The van der Waals surface area contributed by atoms with Crippen molar-refractivity contribution in [1.29, 1.82) is 0 Å². The molecule has 1 aromatic heterocycles. The molecule has 0 bridgehead atoms. The molecule has 0 aromatic carbocycles. The van der Waals surface area contributed by atoms with Gasteiger partial charge in [0.25, 0.3) is 0 Å². The Kier molecular flexibility index (Phi) is 3.60. The summed E-state index contributed by atoms with van der Waals surface area (Å²) in [5.74, 6) is 0. The summed E-state index contributed by atoms with van der Waals surface area (Å²) in [6.45, 7) is 3.92. The smallest absolute Gasteiger partial charge is 0.426 e. The number of hydrogen-bond donors (Lipinski definition) is 0. The molecule has 1 rings (SSSR count). The third-order valence-electron chi connectivity index (χ3n) is 1.15. The first-order valence-electron chi connectivity index (χ1n) is 2.59. The van der Waals surface area contributed by atoms with Crippen molar-refractivity contribution in [2.24, 2.45) is 7.05 Å². The Morgan fingerprint density at radius 1 is 1.44 bits per heavy atom. The van der Waals surface area contributed by atoms with Crippen molar-refractivity contribution in [1.82, 2.24) is 9.78 Å². The zero-order valence-corrected chi connectivity index (χ0v) is 8.81. The van der Waals surface area contributed by atoms with Crippen LogP contribution in [-0.4, -0.2) is 9.78 Å². The molecule has 9 heavy (non-hydrogen) atoms. The van der Waals surface area contributed by atoms with Gasteiger partial charge in [0, 0.05) is 7.05 Å². The molecule has 0 radical (unpaired) electrons. The van der Waals surface area contributed by atoms with Gasteiger partial charge < -0.3 is 10.7 Å². The second kappa shape index (κ2) is 3.47. The molecule has 0 aliphatic carbocycles.